The maximum absolute atomic E-state index is 11.8. The molecule has 4 nitrogen and oxygen atoms in total. The van der Waals surface area contributed by atoms with Gasteiger partial charge in [-0.05, 0) is 11.6 Å². The van der Waals surface area contributed by atoms with Gasteiger partial charge in [-0.25, -0.2) is 0 Å². The van der Waals surface area contributed by atoms with E-state index in [2.05, 4.69) is 10.2 Å². The minimum Gasteiger partial charge on any atom is -0.434 e. The Kier molecular flexibility index (Phi) is 3.71. The Bertz CT molecular complexity index is 816. The van der Waals surface area contributed by atoms with Gasteiger partial charge in [-0.1, -0.05) is 60.1 Å². The highest BCUT2D eigenvalue weighted by molar-refractivity contribution is 6.29. The van der Waals surface area contributed by atoms with Crippen LogP contribution in [-0.2, 0) is 0 Å². The summed E-state index contributed by atoms with van der Waals surface area (Å²) in [5.74, 6) is 0.520. The zero-order chi connectivity index (χ0) is 14.7. The number of hydrogen-bond donors (Lipinski definition) is 1. The number of rotatable bonds is 3. The summed E-state index contributed by atoms with van der Waals surface area (Å²) in [6.07, 6.45) is 0. The number of aromatic amines is 1. The van der Waals surface area contributed by atoms with Crippen LogP contribution in [0.1, 0.15) is 0 Å². The third-order valence-electron chi connectivity index (χ3n) is 2.91. The highest BCUT2D eigenvalue weighted by Crippen LogP contribution is 2.31. The maximum atomic E-state index is 11.8. The normalized spacial score (nSPS) is 10.3. The number of hydrogen-bond acceptors (Lipinski definition) is 3. The predicted molar refractivity (Wildman–Crippen MR) is 81.8 cm³/mol. The van der Waals surface area contributed by atoms with E-state index in [0.717, 1.165) is 11.1 Å². The lowest BCUT2D eigenvalue weighted by Crippen LogP contribution is -2.07. The van der Waals surface area contributed by atoms with Crippen LogP contribution in [0.25, 0.3) is 11.1 Å². The fourth-order valence-corrected chi connectivity index (χ4v) is 2.10. The molecule has 3 aromatic rings. The van der Waals surface area contributed by atoms with E-state index < -0.39 is 0 Å². The summed E-state index contributed by atoms with van der Waals surface area (Å²) in [7, 11) is 0. The minimum atomic E-state index is -0.374. The van der Waals surface area contributed by atoms with Gasteiger partial charge < -0.3 is 4.74 Å². The molecule has 104 valence electrons. The molecule has 0 aliphatic carbocycles. The maximum Gasteiger partial charge on any atom is 0.285 e. The molecule has 0 saturated carbocycles. The zero-order valence-electron chi connectivity index (χ0n) is 10.9. The first-order chi connectivity index (χ1) is 10.2. The highest BCUT2D eigenvalue weighted by atomic mass is 35.5. The second-order valence-corrected chi connectivity index (χ2v) is 4.76. The molecule has 21 heavy (non-hydrogen) atoms. The molecule has 0 fully saturated rings. The van der Waals surface area contributed by atoms with Crippen molar-refractivity contribution in [1.82, 2.24) is 10.2 Å². The van der Waals surface area contributed by atoms with Crippen LogP contribution in [0.2, 0.25) is 5.15 Å². The first-order valence-corrected chi connectivity index (χ1v) is 6.69. The molecule has 0 atom stereocenters. The first-order valence-electron chi connectivity index (χ1n) is 6.31. The molecule has 0 saturated heterocycles. The fourth-order valence-electron chi connectivity index (χ4n) is 1.96. The van der Waals surface area contributed by atoms with Crippen molar-refractivity contribution >= 4 is 11.6 Å². The summed E-state index contributed by atoms with van der Waals surface area (Å²) < 4.78 is 5.64. The Morgan fingerprint density at radius 2 is 1.71 bits per heavy atom. The highest BCUT2D eigenvalue weighted by Gasteiger charge is 2.10. The molecule has 0 amide bonds. The van der Waals surface area contributed by atoms with Crippen molar-refractivity contribution in [2.45, 2.75) is 0 Å². The van der Waals surface area contributed by atoms with Gasteiger partial charge in [0, 0.05) is 11.6 Å². The molecular formula is C16H11ClN2O2. The van der Waals surface area contributed by atoms with Crippen molar-refractivity contribution in [3.63, 3.8) is 0 Å². The summed E-state index contributed by atoms with van der Waals surface area (Å²) in [4.78, 5) is 11.8. The van der Waals surface area contributed by atoms with Crippen LogP contribution in [0.15, 0.2) is 65.5 Å². The van der Waals surface area contributed by atoms with Crippen LogP contribution in [0.3, 0.4) is 0 Å². The average molecular weight is 299 g/mol. The van der Waals surface area contributed by atoms with E-state index in [0.29, 0.717) is 5.75 Å². The van der Waals surface area contributed by atoms with E-state index in [1.54, 1.807) is 6.07 Å². The van der Waals surface area contributed by atoms with Crippen LogP contribution in [0.5, 0.6) is 11.6 Å². The average Bonchev–Trinajstić information content (AvgIpc) is 2.51. The molecule has 0 aliphatic rings. The van der Waals surface area contributed by atoms with Crippen molar-refractivity contribution in [1.29, 1.82) is 0 Å². The van der Waals surface area contributed by atoms with E-state index in [9.17, 15) is 4.79 Å². The summed E-state index contributed by atoms with van der Waals surface area (Å²) in [6.45, 7) is 0. The molecule has 1 N–H and O–H groups in total. The Balaban J connectivity index is 2.02. The monoisotopic (exact) mass is 298 g/mol. The predicted octanol–water partition coefficient (Wildman–Crippen LogP) is 3.88. The van der Waals surface area contributed by atoms with Crippen molar-refractivity contribution in [3.8, 4) is 22.8 Å². The number of halogens is 1. The topological polar surface area (TPSA) is 55.0 Å². The number of nitrogens with zero attached hydrogens (tertiary/aromatic N) is 1. The quantitative estimate of drug-likeness (QED) is 0.798. The summed E-state index contributed by atoms with van der Waals surface area (Å²) in [5.41, 5.74) is 1.51. The van der Waals surface area contributed by atoms with Crippen LogP contribution in [-0.4, -0.2) is 10.2 Å². The van der Waals surface area contributed by atoms with Gasteiger partial charge in [0.15, 0.2) is 0 Å². The standard InChI is InChI=1S/C16H11ClN2O2/c17-15-10-13(20)16(19-18-15)21-14-9-5-4-8-12(14)11-6-2-1-3-7-11/h1-10H,(H,18,20). The lowest BCUT2D eigenvalue weighted by atomic mass is 10.1. The van der Waals surface area contributed by atoms with E-state index in [4.69, 9.17) is 16.3 Å². The number of nitrogens with one attached hydrogen (secondary N) is 1. The van der Waals surface area contributed by atoms with Crippen LogP contribution in [0.4, 0.5) is 0 Å². The second kappa shape index (κ2) is 5.81. The van der Waals surface area contributed by atoms with Crippen molar-refractivity contribution in [2.24, 2.45) is 0 Å². The molecule has 3 rings (SSSR count). The fraction of sp³-hybridized carbons (Fsp3) is 0. The summed E-state index contributed by atoms with van der Waals surface area (Å²) in [5, 5.41) is 6.50. The number of benzene rings is 2. The van der Waals surface area contributed by atoms with E-state index in [1.165, 1.54) is 6.07 Å². The summed E-state index contributed by atoms with van der Waals surface area (Å²) in [6, 6.07) is 18.5. The van der Waals surface area contributed by atoms with Gasteiger partial charge in [0.1, 0.15) is 10.9 Å². The van der Waals surface area contributed by atoms with Gasteiger partial charge in [0.25, 0.3) is 5.88 Å². The number of ether oxygens (including phenoxy) is 1. The number of para-hydroxylation sites is 1. The molecule has 2 aromatic carbocycles. The molecule has 0 spiro atoms. The SMILES string of the molecule is O=c1cc(Cl)[nH]nc1Oc1ccccc1-c1ccccc1. The van der Waals surface area contributed by atoms with Gasteiger partial charge in [-0.15, -0.1) is 5.10 Å². The van der Waals surface area contributed by atoms with Gasteiger partial charge in [-0.3, -0.25) is 9.89 Å². The molecular weight excluding hydrogens is 288 g/mol. The number of H-pyrrole nitrogens is 1. The smallest absolute Gasteiger partial charge is 0.285 e. The molecule has 0 bridgehead atoms. The second-order valence-electron chi connectivity index (χ2n) is 4.35. The van der Waals surface area contributed by atoms with Gasteiger partial charge in [-0.2, -0.15) is 0 Å². The van der Waals surface area contributed by atoms with Crippen LogP contribution < -0.4 is 10.2 Å². The van der Waals surface area contributed by atoms with Gasteiger partial charge in [0.2, 0.25) is 5.43 Å². The molecule has 1 aromatic heterocycles. The largest absolute Gasteiger partial charge is 0.434 e. The molecule has 0 unspecified atom stereocenters. The van der Waals surface area contributed by atoms with Gasteiger partial charge in [0.05, 0.1) is 0 Å². The number of aromatic nitrogens is 2. The van der Waals surface area contributed by atoms with Crippen molar-refractivity contribution < 1.29 is 4.74 Å². The lowest BCUT2D eigenvalue weighted by molar-refractivity contribution is 0.452. The third kappa shape index (κ3) is 2.95. The lowest BCUT2D eigenvalue weighted by Gasteiger charge is -2.09. The van der Waals surface area contributed by atoms with Crippen LogP contribution >= 0.6 is 11.6 Å². The Morgan fingerprint density at radius 3 is 2.48 bits per heavy atom. The zero-order valence-corrected chi connectivity index (χ0v) is 11.7. The Hall–Kier alpha value is -2.59. The van der Waals surface area contributed by atoms with Gasteiger partial charge >= 0.3 is 0 Å². The molecule has 0 aliphatic heterocycles. The molecule has 5 heteroatoms. The molecule has 1 heterocycles. The van der Waals surface area contributed by atoms with Crippen LogP contribution in [0, 0.1) is 0 Å². The Labute approximate surface area is 126 Å². The van der Waals surface area contributed by atoms with E-state index >= 15 is 0 Å². The van der Waals surface area contributed by atoms with E-state index in [1.807, 2.05) is 48.5 Å². The molecule has 0 radical (unpaired) electrons. The third-order valence-corrected chi connectivity index (χ3v) is 3.10. The summed E-state index contributed by atoms with van der Waals surface area (Å²) >= 11 is 5.67. The van der Waals surface area contributed by atoms with Crippen molar-refractivity contribution in [2.75, 3.05) is 0 Å². The van der Waals surface area contributed by atoms with Crippen molar-refractivity contribution in [3.05, 3.63) is 76.0 Å². The first kappa shape index (κ1) is 13.4. The Morgan fingerprint density at radius 1 is 1.00 bits per heavy atom. The van der Waals surface area contributed by atoms with E-state index in [-0.39, 0.29) is 16.5 Å². The minimum absolute atomic E-state index is 0.0391.